The fourth-order valence-electron chi connectivity index (χ4n) is 5.53. The average molecular weight is 478 g/mol. The summed E-state index contributed by atoms with van der Waals surface area (Å²) >= 11 is 0. The lowest BCUT2D eigenvalue weighted by Gasteiger charge is -2.43. The Morgan fingerprint density at radius 3 is 2.09 bits per heavy atom. The number of nitrogens with one attached hydrogen (secondary N) is 1. The molecule has 2 aliphatic heterocycles. The Bertz CT molecular complexity index is 1060. The van der Waals surface area contributed by atoms with Crippen molar-refractivity contribution in [3.05, 3.63) is 59.7 Å². The molecule has 1 unspecified atom stereocenters. The smallest absolute Gasteiger partial charge is 0.407 e. The summed E-state index contributed by atoms with van der Waals surface area (Å²) in [6, 6.07) is 15.4. The Morgan fingerprint density at radius 2 is 1.54 bits per heavy atom. The summed E-state index contributed by atoms with van der Waals surface area (Å²) in [5.41, 5.74) is 4.42. The third kappa shape index (κ3) is 4.89. The van der Waals surface area contributed by atoms with Crippen LogP contribution in [0.5, 0.6) is 0 Å². The number of piperidine rings is 1. The predicted octanol–water partition coefficient (Wildman–Crippen LogP) is 3.07. The van der Waals surface area contributed by atoms with Crippen molar-refractivity contribution in [2.45, 2.75) is 43.7 Å². The highest BCUT2D eigenvalue weighted by molar-refractivity contribution is 5.89. The van der Waals surface area contributed by atoms with Crippen LogP contribution in [0.3, 0.4) is 0 Å². The van der Waals surface area contributed by atoms with Crippen molar-refractivity contribution in [2.75, 3.05) is 32.8 Å². The lowest BCUT2D eigenvalue weighted by molar-refractivity contribution is -0.143. The van der Waals surface area contributed by atoms with Crippen molar-refractivity contribution in [2.24, 2.45) is 0 Å². The Morgan fingerprint density at radius 1 is 0.943 bits per heavy atom. The number of carbonyl (C=O) groups excluding carboxylic acids is 2. The first-order valence-corrected chi connectivity index (χ1v) is 12.4. The normalized spacial score (nSPS) is 18.8. The van der Waals surface area contributed by atoms with Crippen molar-refractivity contribution in [1.82, 2.24) is 15.1 Å². The van der Waals surface area contributed by atoms with Gasteiger partial charge in [-0.3, -0.25) is 9.59 Å². The average Bonchev–Trinajstić information content (AvgIpc) is 3.15. The fraction of sp³-hybridized carbons (Fsp3) is 0.444. The van der Waals surface area contributed by atoms with Gasteiger partial charge >= 0.3 is 12.1 Å². The molecule has 3 aliphatic rings. The molecule has 184 valence electrons. The standard InChI is InChI=1S/C27H31N3O5/c31-25(32)16-24(26(33)30-14-10-18(11-15-30)29-12-5-13-29)28-27(34)35-17-23-21-8-3-1-6-19(21)20-7-2-4-9-22(20)23/h1-4,6-9,18,23-24H,5,10-17H2,(H,28,34)(H,31,32). The molecule has 2 fully saturated rings. The minimum atomic E-state index is -1.15. The van der Waals surface area contributed by atoms with Crippen LogP contribution in [0, 0.1) is 0 Å². The highest BCUT2D eigenvalue weighted by Gasteiger charge is 2.34. The van der Waals surface area contributed by atoms with Gasteiger partial charge in [-0.2, -0.15) is 0 Å². The van der Waals surface area contributed by atoms with Crippen molar-refractivity contribution in [3.8, 4) is 11.1 Å². The molecule has 0 aromatic heterocycles. The van der Waals surface area contributed by atoms with E-state index < -0.39 is 24.5 Å². The zero-order chi connectivity index (χ0) is 24.4. The van der Waals surface area contributed by atoms with Gasteiger partial charge in [-0.15, -0.1) is 0 Å². The molecule has 0 spiro atoms. The van der Waals surface area contributed by atoms with E-state index in [2.05, 4.69) is 22.3 Å². The first-order chi connectivity index (χ1) is 17.0. The van der Waals surface area contributed by atoms with E-state index in [0.717, 1.165) is 48.2 Å². The highest BCUT2D eigenvalue weighted by atomic mass is 16.5. The van der Waals surface area contributed by atoms with Gasteiger partial charge in [0.15, 0.2) is 0 Å². The first kappa shape index (κ1) is 23.4. The van der Waals surface area contributed by atoms with Gasteiger partial charge in [0.2, 0.25) is 5.91 Å². The van der Waals surface area contributed by atoms with E-state index in [-0.39, 0.29) is 18.4 Å². The molecular weight excluding hydrogens is 446 g/mol. The van der Waals surface area contributed by atoms with Crippen LogP contribution in [0.4, 0.5) is 4.79 Å². The number of benzene rings is 2. The SMILES string of the molecule is O=C(O)CC(NC(=O)OCC1c2ccccc2-c2ccccc21)C(=O)N1CCC(N2CCC2)CC1. The van der Waals surface area contributed by atoms with E-state index >= 15 is 0 Å². The van der Waals surface area contributed by atoms with Crippen LogP contribution in [0.15, 0.2) is 48.5 Å². The molecule has 35 heavy (non-hydrogen) atoms. The number of hydrogen-bond donors (Lipinski definition) is 2. The van der Waals surface area contributed by atoms with Crippen LogP contribution < -0.4 is 5.32 Å². The number of carboxylic acid groups (broad SMARTS) is 1. The molecule has 2 aromatic rings. The number of fused-ring (bicyclic) bond motifs is 3. The zero-order valence-corrected chi connectivity index (χ0v) is 19.7. The topological polar surface area (TPSA) is 99.2 Å². The maximum absolute atomic E-state index is 13.1. The number of carbonyl (C=O) groups is 3. The molecule has 1 atom stereocenters. The van der Waals surface area contributed by atoms with Crippen molar-refractivity contribution in [1.29, 1.82) is 0 Å². The van der Waals surface area contributed by atoms with Crippen LogP contribution in [0.2, 0.25) is 0 Å². The van der Waals surface area contributed by atoms with Gasteiger partial charge in [-0.05, 0) is 54.6 Å². The molecule has 8 nitrogen and oxygen atoms in total. The molecular formula is C27H31N3O5. The van der Waals surface area contributed by atoms with Crippen LogP contribution in [-0.4, -0.2) is 77.7 Å². The molecule has 0 bridgehead atoms. The third-order valence-corrected chi connectivity index (χ3v) is 7.50. The maximum atomic E-state index is 13.1. The van der Waals surface area contributed by atoms with Gasteiger partial charge in [0.25, 0.3) is 0 Å². The van der Waals surface area contributed by atoms with Crippen LogP contribution in [0.25, 0.3) is 11.1 Å². The minimum absolute atomic E-state index is 0.106. The Hall–Kier alpha value is -3.39. The van der Waals surface area contributed by atoms with Gasteiger partial charge in [-0.1, -0.05) is 48.5 Å². The van der Waals surface area contributed by atoms with Crippen LogP contribution >= 0.6 is 0 Å². The van der Waals surface area contributed by atoms with Crippen LogP contribution in [-0.2, 0) is 14.3 Å². The summed E-state index contributed by atoms with van der Waals surface area (Å²) in [7, 11) is 0. The molecule has 2 heterocycles. The monoisotopic (exact) mass is 477 g/mol. The summed E-state index contributed by atoms with van der Waals surface area (Å²) in [4.78, 5) is 41.3. The lowest BCUT2D eigenvalue weighted by Crippen LogP contribution is -2.55. The summed E-state index contributed by atoms with van der Waals surface area (Å²) in [5.74, 6) is -1.61. The molecule has 5 rings (SSSR count). The Labute approximate surface area is 204 Å². The quantitative estimate of drug-likeness (QED) is 0.636. The van der Waals surface area contributed by atoms with Crippen LogP contribution in [0.1, 0.15) is 42.7 Å². The number of aliphatic carboxylic acids is 1. The molecule has 8 heteroatoms. The zero-order valence-electron chi connectivity index (χ0n) is 19.7. The van der Waals surface area contributed by atoms with Gasteiger partial charge < -0.3 is 25.0 Å². The number of carboxylic acids is 1. The fourth-order valence-corrected chi connectivity index (χ4v) is 5.53. The van der Waals surface area contributed by atoms with Gasteiger partial charge in [0.05, 0.1) is 6.42 Å². The van der Waals surface area contributed by atoms with E-state index in [9.17, 15) is 19.5 Å². The number of rotatable bonds is 7. The van der Waals surface area contributed by atoms with Crippen molar-refractivity contribution in [3.63, 3.8) is 0 Å². The van der Waals surface area contributed by atoms with Crippen molar-refractivity contribution < 1.29 is 24.2 Å². The number of alkyl carbamates (subject to hydrolysis) is 1. The molecule has 2 aromatic carbocycles. The summed E-state index contributed by atoms with van der Waals surface area (Å²) in [5, 5.41) is 11.9. The van der Waals surface area contributed by atoms with E-state index in [1.165, 1.54) is 6.42 Å². The Balaban J connectivity index is 1.20. The number of amides is 2. The second-order valence-electron chi connectivity index (χ2n) is 9.57. The first-order valence-electron chi connectivity index (χ1n) is 12.4. The predicted molar refractivity (Wildman–Crippen MR) is 130 cm³/mol. The Kier molecular flexibility index (Phi) is 6.72. The van der Waals surface area contributed by atoms with E-state index in [4.69, 9.17) is 4.74 Å². The molecule has 2 N–H and O–H groups in total. The lowest BCUT2D eigenvalue weighted by atomic mass is 9.98. The van der Waals surface area contributed by atoms with Crippen molar-refractivity contribution >= 4 is 18.0 Å². The molecule has 1 aliphatic carbocycles. The second-order valence-corrected chi connectivity index (χ2v) is 9.57. The number of likely N-dealkylation sites (tertiary alicyclic amines) is 2. The minimum Gasteiger partial charge on any atom is -0.481 e. The van der Waals surface area contributed by atoms with E-state index in [1.807, 2.05) is 36.4 Å². The molecule has 0 radical (unpaired) electrons. The summed E-state index contributed by atoms with van der Waals surface area (Å²) in [6.07, 6.45) is 1.72. The summed E-state index contributed by atoms with van der Waals surface area (Å²) < 4.78 is 5.54. The number of hydrogen-bond acceptors (Lipinski definition) is 5. The molecule has 2 saturated heterocycles. The van der Waals surface area contributed by atoms with E-state index in [0.29, 0.717) is 19.1 Å². The molecule has 2 amide bonds. The summed E-state index contributed by atoms with van der Waals surface area (Å²) in [6.45, 7) is 3.48. The highest BCUT2D eigenvalue weighted by Crippen LogP contribution is 2.44. The largest absolute Gasteiger partial charge is 0.481 e. The van der Waals surface area contributed by atoms with Gasteiger partial charge in [0.1, 0.15) is 12.6 Å². The molecule has 0 saturated carbocycles. The number of ether oxygens (including phenoxy) is 1. The third-order valence-electron chi connectivity index (χ3n) is 7.50. The van der Waals surface area contributed by atoms with E-state index in [1.54, 1.807) is 4.90 Å². The van der Waals surface area contributed by atoms with Gasteiger partial charge in [-0.25, -0.2) is 4.79 Å². The maximum Gasteiger partial charge on any atom is 0.407 e. The van der Waals surface area contributed by atoms with Gasteiger partial charge in [0, 0.05) is 25.0 Å². The number of nitrogens with zero attached hydrogens (tertiary/aromatic N) is 2. The second kappa shape index (κ2) is 10.1.